The van der Waals surface area contributed by atoms with Gasteiger partial charge in [0, 0.05) is 18.0 Å². The minimum atomic E-state index is -0.0977. The number of carbonyl (C=O) groups excluding carboxylic acids is 1. The first-order valence-corrected chi connectivity index (χ1v) is 7.99. The maximum absolute atomic E-state index is 11.9. The first-order valence-electron chi connectivity index (χ1n) is 7.99. The Labute approximate surface area is 147 Å². The molecular weight excluding hydrogens is 322 g/mol. The standard InChI is InChI=1S/C18H23N3O4/c1-23-15-5-4-14(16(24-2)17(15)25-3)12-20-10-11-21-18(22)13-6-8-19-9-7-13/h4-9,20H,10-12H2,1-3H3,(H,21,22)/p+1. The summed E-state index contributed by atoms with van der Waals surface area (Å²) in [4.78, 5) is 15.8. The summed E-state index contributed by atoms with van der Waals surface area (Å²) in [5.41, 5.74) is 1.61. The molecule has 0 spiro atoms. The van der Waals surface area contributed by atoms with Crippen LogP contribution in [0.5, 0.6) is 17.2 Å². The van der Waals surface area contributed by atoms with Crippen molar-refractivity contribution in [2.24, 2.45) is 0 Å². The van der Waals surface area contributed by atoms with E-state index in [1.807, 2.05) is 12.1 Å². The minimum Gasteiger partial charge on any atom is -0.493 e. The molecule has 1 heterocycles. The number of hydrogen-bond acceptors (Lipinski definition) is 5. The average molecular weight is 346 g/mol. The normalized spacial score (nSPS) is 10.2. The van der Waals surface area contributed by atoms with Crippen LogP contribution in [0.3, 0.4) is 0 Å². The third-order valence-corrected chi connectivity index (χ3v) is 3.73. The van der Waals surface area contributed by atoms with Crippen molar-refractivity contribution in [1.29, 1.82) is 0 Å². The molecular formula is C18H24N3O4+. The summed E-state index contributed by atoms with van der Waals surface area (Å²) < 4.78 is 16.1. The fraction of sp³-hybridized carbons (Fsp3) is 0.333. The topological polar surface area (TPSA) is 86.3 Å². The highest BCUT2D eigenvalue weighted by atomic mass is 16.5. The molecule has 0 radical (unpaired) electrons. The van der Waals surface area contributed by atoms with Gasteiger partial charge in [-0.2, -0.15) is 0 Å². The van der Waals surface area contributed by atoms with Crippen molar-refractivity contribution in [3.05, 3.63) is 47.8 Å². The molecule has 25 heavy (non-hydrogen) atoms. The van der Waals surface area contributed by atoms with Crippen LogP contribution in [-0.4, -0.2) is 45.3 Å². The monoisotopic (exact) mass is 346 g/mol. The lowest BCUT2D eigenvalue weighted by Crippen LogP contribution is -2.84. The number of ether oxygens (including phenoxy) is 3. The molecule has 1 aromatic carbocycles. The van der Waals surface area contributed by atoms with Gasteiger partial charge in [0.15, 0.2) is 11.5 Å². The Bertz CT molecular complexity index is 692. The molecule has 0 bridgehead atoms. The van der Waals surface area contributed by atoms with Crippen molar-refractivity contribution < 1.29 is 24.3 Å². The Balaban J connectivity index is 1.85. The van der Waals surface area contributed by atoms with Crippen molar-refractivity contribution >= 4 is 5.91 Å². The Hall–Kier alpha value is -2.80. The number of benzene rings is 1. The number of amides is 1. The Morgan fingerprint density at radius 3 is 2.40 bits per heavy atom. The second-order valence-corrected chi connectivity index (χ2v) is 5.27. The van der Waals surface area contributed by atoms with Gasteiger partial charge in [-0.3, -0.25) is 9.78 Å². The van der Waals surface area contributed by atoms with Crippen LogP contribution in [0.15, 0.2) is 36.7 Å². The average Bonchev–Trinajstić information content (AvgIpc) is 2.67. The molecule has 3 N–H and O–H groups in total. The number of carbonyl (C=O) groups is 1. The molecule has 0 saturated carbocycles. The van der Waals surface area contributed by atoms with Gasteiger partial charge < -0.3 is 24.8 Å². The van der Waals surface area contributed by atoms with E-state index in [0.29, 0.717) is 35.9 Å². The highest BCUT2D eigenvalue weighted by Crippen LogP contribution is 2.39. The van der Waals surface area contributed by atoms with Crippen LogP contribution >= 0.6 is 0 Å². The predicted molar refractivity (Wildman–Crippen MR) is 93.2 cm³/mol. The SMILES string of the molecule is COc1ccc(C[NH2+]CCNC(=O)c2ccncc2)c(OC)c1OC. The molecule has 0 saturated heterocycles. The number of rotatable bonds is 9. The van der Waals surface area contributed by atoms with Crippen LogP contribution in [-0.2, 0) is 6.54 Å². The first kappa shape index (κ1) is 18.5. The van der Waals surface area contributed by atoms with Crippen molar-refractivity contribution in [3.63, 3.8) is 0 Å². The van der Waals surface area contributed by atoms with E-state index in [4.69, 9.17) is 14.2 Å². The van der Waals surface area contributed by atoms with Gasteiger partial charge in [0.1, 0.15) is 6.54 Å². The van der Waals surface area contributed by atoms with Crippen molar-refractivity contribution in [2.45, 2.75) is 6.54 Å². The largest absolute Gasteiger partial charge is 0.493 e. The molecule has 0 atom stereocenters. The van der Waals surface area contributed by atoms with Crippen LogP contribution in [0.4, 0.5) is 0 Å². The molecule has 2 aromatic rings. The minimum absolute atomic E-state index is 0.0977. The number of methoxy groups -OCH3 is 3. The van der Waals surface area contributed by atoms with Gasteiger partial charge in [0.25, 0.3) is 5.91 Å². The summed E-state index contributed by atoms with van der Waals surface area (Å²) >= 11 is 0. The van der Waals surface area contributed by atoms with Crippen LogP contribution < -0.4 is 24.8 Å². The quantitative estimate of drug-likeness (QED) is 0.650. The molecule has 0 aliphatic rings. The fourth-order valence-electron chi connectivity index (χ4n) is 2.47. The van der Waals surface area contributed by atoms with Crippen molar-refractivity contribution in [2.75, 3.05) is 34.4 Å². The van der Waals surface area contributed by atoms with Crippen LogP contribution in [0.1, 0.15) is 15.9 Å². The number of nitrogens with zero attached hydrogens (tertiary/aromatic N) is 1. The van der Waals surface area contributed by atoms with E-state index in [2.05, 4.69) is 15.6 Å². The van der Waals surface area contributed by atoms with E-state index in [1.54, 1.807) is 45.9 Å². The zero-order valence-electron chi connectivity index (χ0n) is 14.7. The summed E-state index contributed by atoms with van der Waals surface area (Å²) in [5.74, 6) is 1.79. The maximum atomic E-state index is 11.9. The van der Waals surface area contributed by atoms with Gasteiger partial charge in [-0.25, -0.2) is 0 Å². The van der Waals surface area contributed by atoms with Gasteiger partial charge in [0.2, 0.25) is 5.75 Å². The molecule has 7 nitrogen and oxygen atoms in total. The van der Waals surface area contributed by atoms with E-state index < -0.39 is 0 Å². The summed E-state index contributed by atoms with van der Waals surface area (Å²) in [7, 11) is 4.78. The lowest BCUT2D eigenvalue weighted by molar-refractivity contribution is -0.668. The van der Waals surface area contributed by atoms with Gasteiger partial charge in [-0.15, -0.1) is 0 Å². The van der Waals surface area contributed by atoms with E-state index >= 15 is 0 Å². The number of pyridine rings is 1. The van der Waals surface area contributed by atoms with E-state index in [1.165, 1.54) is 0 Å². The second-order valence-electron chi connectivity index (χ2n) is 5.27. The van der Waals surface area contributed by atoms with Gasteiger partial charge in [-0.1, -0.05) is 0 Å². The maximum Gasteiger partial charge on any atom is 0.251 e. The molecule has 7 heteroatoms. The van der Waals surface area contributed by atoms with Crippen molar-refractivity contribution in [3.8, 4) is 17.2 Å². The van der Waals surface area contributed by atoms with Crippen LogP contribution in [0, 0.1) is 0 Å². The fourth-order valence-corrected chi connectivity index (χ4v) is 2.47. The van der Waals surface area contributed by atoms with E-state index in [0.717, 1.165) is 12.1 Å². The zero-order valence-corrected chi connectivity index (χ0v) is 14.7. The highest BCUT2D eigenvalue weighted by Gasteiger charge is 2.16. The van der Waals surface area contributed by atoms with Gasteiger partial charge in [-0.05, 0) is 24.3 Å². The predicted octanol–water partition coefficient (Wildman–Crippen LogP) is 0.601. The number of quaternary nitrogens is 1. The zero-order chi connectivity index (χ0) is 18.1. The molecule has 0 aliphatic carbocycles. The lowest BCUT2D eigenvalue weighted by atomic mass is 10.1. The Morgan fingerprint density at radius 2 is 1.76 bits per heavy atom. The van der Waals surface area contributed by atoms with E-state index in [9.17, 15) is 4.79 Å². The van der Waals surface area contributed by atoms with Crippen LogP contribution in [0.25, 0.3) is 0 Å². The highest BCUT2D eigenvalue weighted by molar-refractivity contribution is 5.93. The summed E-state index contributed by atoms with van der Waals surface area (Å²) in [6, 6.07) is 7.18. The lowest BCUT2D eigenvalue weighted by Gasteiger charge is -2.15. The van der Waals surface area contributed by atoms with Gasteiger partial charge in [0.05, 0.1) is 40.0 Å². The number of hydrogen-bond donors (Lipinski definition) is 2. The van der Waals surface area contributed by atoms with Crippen LogP contribution in [0.2, 0.25) is 0 Å². The first-order chi connectivity index (χ1) is 12.2. The second kappa shape index (κ2) is 9.48. The molecule has 0 unspecified atom stereocenters. The summed E-state index contributed by atoms with van der Waals surface area (Å²) in [5, 5.41) is 4.97. The molecule has 0 aliphatic heterocycles. The number of aromatic nitrogens is 1. The summed E-state index contributed by atoms with van der Waals surface area (Å²) in [6.07, 6.45) is 3.20. The van der Waals surface area contributed by atoms with E-state index in [-0.39, 0.29) is 5.91 Å². The molecule has 1 aromatic heterocycles. The van der Waals surface area contributed by atoms with Gasteiger partial charge >= 0.3 is 0 Å². The summed E-state index contributed by atoms with van der Waals surface area (Å²) in [6.45, 7) is 2.01. The molecule has 134 valence electrons. The molecule has 0 fully saturated rings. The smallest absolute Gasteiger partial charge is 0.251 e. The third kappa shape index (κ3) is 4.84. The molecule has 1 amide bonds. The third-order valence-electron chi connectivity index (χ3n) is 3.73. The molecule has 2 rings (SSSR count). The number of nitrogens with two attached hydrogens (primary N) is 1. The Kier molecular flexibility index (Phi) is 7.03. The van der Waals surface area contributed by atoms with Crippen molar-refractivity contribution in [1.82, 2.24) is 10.3 Å². The Morgan fingerprint density at radius 1 is 1.04 bits per heavy atom. The number of nitrogens with one attached hydrogen (secondary N) is 1.